The zero-order valence-corrected chi connectivity index (χ0v) is 10.1. The lowest BCUT2D eigenvalue weighted by Gasteiger charge is -2.14. The first-order valence-electron chi connectivity index (χ1n) is 5.48. The molecule has 0 aromatic heterocycles. The van der Waals surface area contributed by atoms with Gasteiger partial charge in [0.1, 0.15) is 0 Å². The van der Waals surface area contributed by atoms with Gasteiger partial charge in [-0.25, -0.2) is 0 Å². The summed E-state index contributed by atoms with van der Waals surface area (Å²) in [6.07, 6.45) is -1.61. The van der Waals surface area contributed by atoms with E-state index >= 15 is 0 Å². The second-order valence-electron chi connectivity index (χ2n) is 4.04. The third-order valence-corrected chi connectivity index (χ3v) is 3.71. The Hall–Kier alpha value is -1.04. The monoisotopic (exact) mass is 253 g/mol. The number of benzene rings is 1. The Kier molecular flexibility index (Phi) is 4.04. The van der Waals surface area contributed by atoms with Crippen molar-refractivity contribution in [3.63, 3.8) is 0 Å². The fourth-order valence-corrected chi connectivity index (χ4v) is 2.55. The van der Waals surface area contributed by atoms with Crippen molar-refractivity contribution >= 4 is 17.7 Å². The molecule has 2 atom stereocenters. The van der Waals surface area contributed by atoms with E-state index in [0.29, 0.717) is 5.75 Å². The zero-order valence-electron chi connectivity index (χ0n) is 9.32. The summed E-state index contributed by atoms with van der Waals surface area (Å²) in [6.45, 7) is 0.463. The predicted octanol–water partition coefficient (Wildman–Crippen LogP) is 0.343. The molecule has 1 aliphatic rings. The average Bonchev–Trinajstić information content (AvgIpc) is 2.68. The minimum atomic E-state index is -0.805. The van der Waals surface area contributed by atoms with E-state index in [1.165, 1.54) is 16.7 Å². The van der Waals surface area contributed by atoms with Crippen LogP contribution < -0.4 is 0 Å². The maximum atomic E-state index is 11.8. The molecule has 5 heteroatoms. The number of β-amino-alcohol motifs (C(OH)–C–C–N with tert-alkyl or cyclic N) is 2. The molecule has 2 rings (SSSR count). The van der Waals surface area contributed by atoms with Gasteiger partial charge >= 0.3 is 0 Å². The van der Waals surface area contributed by atoms with E-state index < -0.39 is 12.2 Å². The Morgan fingerprint density at radius 3 is 2.41 bits per heavy atom. The molecule has 0 spiro atoms. The molecule has 1 fully saturated rings. The molecule has 0 saturated carbocycles. The van der Waals surface area contributed by atoms with Crippen LogP contribution in [0.4, 0.5) is 0 Å². The van der Waals surface area contributed by atoms with Crippen LogP contribution in [0, 0.1) is 0 Å². The van der Waals surface area contributed by atoms with Gasteiger partial charge in [0.25, 0.3) is 0 Å². The molecule has 2 unspecified atom stereocenters. The van der Waals surface area contributed by atoms with Crippen LogP contribution in [0.1, 0.15) is 0 Å². The maximum absolute atomic E-state index is 11.8. The summed E-state index contributed by atoms with van der Waals surface area (Å²) in [5.41, 5.74) is 0. The number of hydrogen-bond acceptors (Lipinski definition) is 4. The van der Waals surface area contributed by atoms with Crippen molar-refractivity contribution in [3.8, 4) is 0 Å². The van der Waals surface area contributed by atoms with Crippen molar-refractivity contribution in [2.45, 2.75) is 17.1 Å². The molecule has 92 valence electrons. The number of carbonyl (C=O) groups excluding carboxylic acids is 1. The van der Waals surface area contributed by atoms with Crippen molar-refractivity contribution < 1.29 is 15.0 Å². The van der Waals surface area contributed by atoms with Crippen LogP contribution in [0.5, 0.6) is 0 Å². The van der Waals surface area contributed by atoms with E-state index in [1.54, 1.807) is 0 Å². The first-order chi connectivity index (χ1) is 8.16. The number of rotatable bonds is 3. The first-order valence-corrected chi connectivity index (χ1v) is 6.47. The van der Waals surface area contributed by atoms with Gasteiger partial charge in [-0.3, -0.25) is 4.79 Å². The average molecular weight is 253 g/mol. The van der Waals surface area contributed by atoms with Gasteiger partial charge in [0.05, 0.1) is 18.0 Å². The minimum Gasteiger partial charge on any atom is -0.388 e. The van der Waals surface area contributed by atoms with Gasteiger partial charge in [-0.2, -0.15) is 0 Å². The van der Waals surface area contributed by atoms with Crippen LogP contribution in [0.15, 0.2) is 35.2 Å². The molecule has 4 nitrogen and oxygen atoms in total. The van der Waals surface area contributed by atoms with Crippen LogP contribution in [0.25, 0.3) is 0 Å². The van der Waals surface area contributed by atoms with Crippen LogP contribution in [0.3, 0.4) is 0 Å². The fraction of sp³-hybridized carbons (Fsp3) is 0.417. The second-order valence-corrected chi connectivity index (χ2v) is 5.08. The van der Waals surface area contributed by atoms with Crippen molar-refractivity contribution in [1.82, 2.24) is 4.90 Å². The standard InChI is InChI=1S/C12H15NO3S/c14-10-6-13(7-11(10)15)12(16)8-17-9-4-2-1-3-5-9/h1-5,10-11,14-15H,6-8H2. The van der Waals surface area contributed by atoms with E-state index in [1.807, 2.05) is 30.3 Å². The van der Waals surface area contributed by atoms with Gasteiger partial charge in [0, 0.05) is 18.0 Å². The number of likely N-dealkylation sites (tertiary alicyclic amines) is 1. The first kappa shape index (κ1) is 12.4. The number of aliphatic hydroxyl groups is 2. The van der Waals surface area contributed by atoms with E-state index in [-0.39, 0.29) is 19.0 Å². The van der Waals surface area contributed by atoms with Crippen molar-refractivity contribution in [3.05, 3.63) is 30.3 Å². The van der Waals surface area contributed by atoms with E-state index in [2.05, 4.69) is 0 Å². The van der Waals surface area contributed by atoms with E-state index in [0.717, 1.165) is 4.90 Å². The highest BCUT2D eigenvalue weighted by Crippen LogP contribution is 2.19. The quantitative estimate of drug-likeness (QED) is 0.763. The lowest BCUT2D eigenvalue weighted by Crippen LogP contribution is -2.31. The molecular formula is C12H15NO3S. The van der Waals surface area contributed by atoms with Crippen LogP contribution in [-0.4, -0.2) is 52.1 Å². The number of nitrogens with zero attached hydrogens (tertiary/aromatic N) is 1. The van der Waals surface area contributed by atoms with Crippen LogP contribution in [-0.2, 0) is 4.79 Å². The number of hydrogen-bond donors (Lipinski definition) is 2. The molecule has 1 aromatic carbocycles. The highest BCUT2D eigenvalue weighted by Gasteiger charge is 2.32. The fourth-order valence-electron chi connectivity index (χ4n) is 1.73. The van der Waals surface area contributed by atoms with E-state index in [9.17, 15) is 15.0 Å². The zero-order chi connectivity index (χ0) is 12.3. The van der Waals surface area contributed by atoms with Gasteiger partial charge in [-0.1, -0.05) is 18.2 Å². The summed E-state index contributed by atoms with van der Waals surface area (Å²) >= 11 is 1.46. The van der Waals surface area contributed by atoms with Crippen LogP contribution in [0.2, 0.25) is 0 Å². The Morgan fingerprint density at radius 2 is 1.82 bits per heavy atom. The highest BCUT2D eigenvalue weighted by atomic mass is 32.2. The Bertz CT molecular complexity index is 375. The van der Waals surface area contributed by atoms with Crippen LogP contribution >= 0.6 is 11.8 Å². The highest BCUT2D eigenvalue weighted by molar-refractivity contribution is 8.00. The normalized spacial score (nSPS) is 24.0. The summed E-state index contributed by atoms with van der Waals surface area (Å²) in [5.74, 6) is 0.290. The smallest absolute Gasteiger partial charge is 0.233 e. The summed E-state index contributed by atoms with van der Waals surface area (Å²) in [4.78, 5) is 14.3. The van der Waals surface area contributed by atoms with E-state index in [4.69, 9.17) is 0 Å². The summed E-state index contributed by atoms with van der Waals surface area (Å²) < 4.78 is 0. The molecule has 1 saturated heterocycles. The molecular weight excluding hydrogens is 238 g/mol. The number of amides is 1. The Labute approximate surface area is 104 Å². The lowest BCUT2D eigenvalue weighted by molar-refractivity contribution is -0.127. The molecule has 0 bridgehead atoms. The summed E-state index contributed by atoms with van der Waals surface area (Å²) in [5, 5.41) is 18.7. The number of thioether (sulfide) groups is 1. The molecule has 17 heavy (non-hydrogen) atoms. The molecule has 1 aliphatic heterocycles. The molecule has 0 aliphatic carbocycles. The van der Waals surface area contributed by atoms with Gasteiger partial charge < -0.3 is 15.1 Å². The summed E-state index contributed by atoms with van der Waals surface area (Å²) in [7, 11) is 0. The third-order valence-electron chi connectivity index (χ3n) is 2.72. The molecule has 0 radical (unpaired) electrons. The Morgan fingerprint density at radius 1 is 1.24 bits per heavy atom. The molecule has 1 amide bonds. The predicted molar refractivity (Wildman–Crippen MR) is 65.8 cm³/mol. The van der Waals surface area contributed by atoms with Gasteiger partial charge in [0.15, 0.2) is 0 Å². The van der Waals surface area contributed by atoms with Gasteiger partial charge in [-0.05, 0) is 12.1 Å². The molecule has 1 heterocycles. The van der Waals surface area contributed by atoms with Crippen molar-refractivity contribution in [2.24, 2.45) is 0 Å². The topological polar surface area (TPSA) is 60.8 Å². The molecule has 2 N–H and O–H groups in total. The largest absolute Gasteiger partial charge is 0.388 e. The Balaban J connectivity index is 1.82. The SMILES string of the molecule is O=C(CSc1ccccc1)N1CC(O)C(O)C1. The van der Waals surface area contributed by atoms with Gasteiger partial charge in [-0.15, -0.1) is 11.8 Å². The second kappa shape index (κ2) is 5.53. The maximum Gasteiger partial charge on any atom is 0.233 e. The van der Waals surface area contributed by atoms with Gasteiger partial charge in [0.2, 0.25) is 5.91 Å². The third kappa shape index (κ3) is 3.21. The minimum absolute atomic E-state index is 0.0468. The number of carbonyl (C=O) groups is 1. The lowest BCUT2D eigenvalue weighted by atomic mass is 10.3. The summed E-state index contributed by atoms with van der Waals surface area (Å²) in [6, 6.07) is 9.68. The number of aliphatic hydroxyl groups excluding tert-OH is 2. The molecule has 1 aromatic rings. The van der Waals surface area contributed by atoms with Crippen molar-refractivity contribution in [2.75, 3.05) is 18.8 Å². The van der Waals surface area contributed by atoms with Crippen molar-refractivity contribution in [1.29, 1.82) is 0 Å².